The van der Waals surface area contributed by atoms with Gasteiger partial charge in [0, 0.05) is 25.4 Å². The number of hydrogen-bond donors (Lipinski definition) is 2. The van der Waals surface area contributed by atoms with E-state index in [9.17, 15) is 0 Å². The summed E-state index contributed by atoms with van der Waals surface area (Å²) in [6.07, 6.45) is 1.95. The second-order valence-electron chi connectivity index (χ2n) is 6.26. The summed E-state index contributed by atoms with van der Waals surface area (Å²) in [7, 11) is 0. The smallest absolute Gasteiger partial charge is 0.231 e. The Morgan fingerprint density at radius 3 is 2.56 bits per heavy atom. The Balaban J connectivity index is 1.54. The second-order valence-corrected chi connectivity index (χ2v) is 6.26. The molecule has 0 radical (unpaired) electrons. The maximum atomic E-state index is 4.76. The van der Waals surface area contributed by atoms with Crippen molar-refractivity contribution < 1.29 is 0 Å². The van der Waals surface area contributed by atoms with Crippen LogP contribution in [0, 0.1) is 6.92 Å². The molecule has 0 aliphatic carbocycles. The molecular weight excluding hydrogens is 314 g/mol. The fourth-order valence-corrected chi connectivity index (χ4v) is 3.23. The van der Waals surface area contributed by atoms with Crippen molar-refractivity contribution in [3.05, 3.63) is 65.5 Å². The zero-order valence-electron chi connectivity index (χ0n) is 13.8. The highest BCUT2D eigenvalue weighted by molar-refractivity contribution is 5.58. The van der Waals surface area contributed by atoms with Crippen LogP contribution in [0.3, 0.4) is 0 Å². The summed E-state index contributed by atoms with van der Waals surface area (Å²) < 4.78 is 1.93. The van der Waals surface area contributed by atoms with E-state index >= 15 is 0 Å². The van der Waals surface area contributed by atoms with Crippen LogP contribution in [0.25, 0.3) is 5.65 Å². The quantitative estimate of drug-likeness (QED) is 0.604. The minimum absolute atomic E-state index is 0.713. The zero-order chi connectivity index (χ0) is 16.8. The maximum absolute atomic E-state index is 4.76. The molecule has 0 bridgehead atoms. The standard InChI is InChI=1S/C18H17N7/c1-12-9-15(23-22-12)19-18-21-17(20-16-7-4-8-25(16)18)24-10-13-5-2-3-6-14(13)11-24/h2-9H,10-11H2,1H3,(H2,19,20,21,22,23). The molecule has 1 aliphatic rings. The van der Waals surface area contributed by atoms with Crippen LogP contribution in [0.4, 0.5) is 17.7 Å². The molecule has 0 unspecified atom stereocenters. The van der Waals surface area contributed by atoms with Gasteiger partial charge in [-0.2, -0.15) is 15.1 Å². The van der Waals surface area contributed by atoms with Gasteiger partial charge in [0.25, 0.3) is 0 Å². The van der Waals surface area contributed by atoms with E-state index in [2.05, 4.69) is 44.7 Å². The first-order valence-electron chi connectivity index (χ1n) is 8.22. The molecule has 124 valence electrons. The molecule has 0 saturated heterocycles. The molecule has 0 saturated carbocycles. The fraction of sp³-hybridized carbons (Fsp3) is 0.167. The molecule has 3 aromatic heterocycles. The Bertz CT molecular complexity index is 1040. The summed E-state index contributed by atoms with van der Waals surface area (Å²) in [5, 5.41) is 10.4. The highest BCUT2D eigenvalue weighted by Gasteiger charge is 2.22. The number of rotatable bonds is 3. The normalized spacial score (nSPS) is 13.4. The third-order valence-electron chi connectivity index (χ3n) is 4.45. The van der Waals surface area contributed by atoms with Crippen LogP contribution in [0.15, 0.2) is 48.7 Å². The van der Waals surface area contributed by atoms with Gasteiger partial charge in [-0.05, 0) is 30.2 Å². The molecule has 7 heteroatoms. The minimum atomic E-state index is 0.713. The molecule has 2 N–H and O–H groups in total. The summed E-state index contributed by atoms with van der Waals surface area (Å²) >= 11 is 0. The number of aryl methyl sites for hydroxylation is 1. The molecule has 0 spiro atoms. The number of H-pyrrole nitrogens is 1. The summed E-state index contributed by atoms with van der Waals surface area (Å²) in [6, 6.07) is 14.4. The van der Waals surface area contributed by atoms with Crippen molar-refractivity contribution in [2.24, 2.45) is 0 Å². The van der Waals surface area contributed by atoms with Gasteiger partial charge in [-0.25, -0.2) is 0 Å². The number of aromatic nitrogens is 5. The fourth-order valence-electron chi connectivity index (χ4n) is 3.23. The molecular formula is C18H17N7. The topological polar surface area (TPSA) is 74.1 Å². The number of benzene rings is 1. The van der Waals surface area contributed by atoms with E-state index in [0.29, 0.717) is 5.95 Å². The van der Waals surface area contributed by atoms with E-state index in [1.165, 1.54) is 11.1 Å². The number of fused-ring (bicyclic) bond motifs is 2. The van der Waals surface area contributed by atoms with Crippen molar-refractivity contribution in [2.75, 3.05) is 10.2 Å². The molecule has 4 aromatic rings. The van der Waals surface area contributed by atoms with Gasteiger partial charge in [0.2, 0.25) is 11.9 Å². The first-order valence-corrected chi connectivity index (χ1v) is 8.22. The van der Waals surface area contributed by atoms with Gasteiger partial charge >= 0.3 is 0 Å². The zero-order valence-corrected chi connectivity index (χ0v) is 13.8. The summed E-state index contributed by atoms with van der Waals surface area (Å²) in [5.41, 5.74) is 4.45. The first-order chi connectivity index (χ1) is 12.3. The van der Waals surface area contributed by atoms with Crippen molar-refractivity contribution in [1.29, 1.82) is 0 Å². The average Bonchev–Trinajstić information content (AvgIpc) is 3.33. The van der Waals surface area contributed by atoms with Crippen molar-refractivity contribution in [2.45, 2.75) is 20.0 Å². The van der Waals surface area contributed by atoms with Crippen LogP contribution >= 0.6 is 0 Å². The number of nitrogens with zero attached hydrogens (tertiary/aromatic N) is 5. The Hall–Kier alpha value is -3.35. The average molecular weight is 331 g/mol. The monoisotopic (exact) mass is 331 g/mol. The van der Waals surface area contributed by atoms with Crippen LogP contribution in [0.1, 0.15) is 16.8 Å². The number of anilines is 3. The van der Waals surface area contributed by atoms with Gasteiger partial charge < -0.3 is 10.2 Å². The van der Waals surface area contributed by atoms with Crippen molar-refractivity contribution in [3.8, 4) is 0 Å². The Morgan fingerprint density at radius 2 is 1.84 bits per heavy atom. The predicted molar refractivity (Wildman–Crippen MR) is 95.9 cm³/mol. The third kappa shape index (κ3) is 2.40. The van der Waals surface area contributed by atoms with Crippen molar-refractivity contribution in [1.82, 2.24) is 24.6 Å². The summed E-state index contributed by atoms with van der Waals surface area (Å²) in [5.74, 6) is 2.24. The number of aromatic amines is 1. The van der Waals surface area contributed by atoms with Crippen LogP contribution in [-0.2, 0) is 13.1 Å². The molecule has 1 aliphatic heterocycles. The molecule has 4 heterocycles. The maximum Gasteiger partial charge on any atom is 0.231 e. The lowest BCUT2D eigenvalue weighted by Gasteiger charge is -2.17. The minimum Gasteiger partial charge on any atom is -0.332 e. The van der Waals surface area contributed by atoms with Gasteiger partial charge in [0.1, 0.15) is 11.5 Å². The lowest BCUT2D eigenvalue weighted by molar-refractivity contribution is 0.822. The highest BCUT2D eigenvalue weighted by Crippen LogP contribution is 2.27. The van der Waals surface area contributed by atoms with Gasteiger partial charge in [-0.15, -0.1) is 0 Å². The van der Waals surface area contributed by atoms with E-state index < -0.39 is 0 Å². The molecule has 5 rings (SSSR count). The van der Waals surface area contributed by atoms with Crippen LogP contribution in [-0.4, -0.2) is 24.6 Å². The van der Waals surface area contributed by atoms with Gasteiger partial charge in [-0.1, -0.05) is 24.3 Å². The Labute approximate surface area is 144 Å². The lowest BCUT2D eigenvalue weighted by atomic mass is 10.1. The number of nitrogens with one attached hydrogen (secondary N) is 2. The molecule has 1 aromatic carbocycles. The largest absolute Gasteiger partial charge is 0.332 e. The van der Waals surface area contributed by atoms with E-state index in [1.54, 1.807) is 0 Å². The van der Waals surface area contributed by atoms with Crippen molar-refractivity contribution in [3.63, 3.8) is 0 Å². The third-order valence-corrected chi connectivity index (χ3v) is 4.45. The predicted octanol–water partition coefficient (Wildman–Crippen LogP) is 3.02. The Kier molecular flexibility index (Phi) is 3.00. The SMILES string of the molecule is Cc1cc(Nc2nc(N3Cc4ccccc4C3)nc3cccn23)[nH]n1. The van der Waals surface area contributed by atoms with Gasteiger partial charge in [-0.3, -0.25) is 9.50 Å². The molecule has 0 amide bonds. The van der Waals surface area contributed by atoms with E-state index in [-0.39, 0.29) is 0 Å². The van der Waals surface area contributed by atoms with Crippen LogP contribution < -0.4 is 10.2 Å². The van der Waals surface area contributed by atoms with Gasteiger partial charge in [0.05, 0.1) is 5.69 Å². The highest BCUT2D eigenvalue weighted by atomic mass is 15.3. The molecule has 0 fully saturated rings. The van der Waals surface area contributed by atoms with Crippen molar-refractivity contribution >= 4 is 23.4 Å². The van der Waals surface area contributed by atoms with Crippen LogP contribution in [0.5, 0.6) is 0 Å². The van der Waals surface area contributed by atoms with Crippen LogP contribution in [0.2, 0.25) is 0 Å². The van der Waals surface area contributed by atoms with E-state index in [0.717, 1.165) is 36.2 Å². The first kappa shape index (κ1) is 14.0. The second kappa shape index (κ2) is 5.34. The Morgan fingerprint density at radius 1 is 1.04 bits per heavy atom. The molecule has 25 heavy (non-hydrogen) atoms. The molecule has 7 nitrogen and oxygen atoms in total. The van der Waals surface area contributed by atoms with Gasteiger partial charge in [0.15, 0.2) is 0 Å². The summed E-state index contributed by atoms with van der Waals surface area (Å²) in [4.78, 5) is 11.7. The summed E-state index contributed by atoms with van der Waals surface area (Å²) in [6.45, 7) is 3.60. The van der Waals surface area contributed by atoms with E-state index in [4.69, 9.17) is 9.97 Å². The molecule has 0 atom stereocenters. The van der Waals surface area contributed by atoms with E-state index in [1.807, 2.05) is 35.7 Å². The number of hydrogen-bond acceptors (Lipinski definition) is 5. The lowest BCUT2D eigenvalue weighted by Crippen LogP contribution is -2.19.